The van der Waals surface area contributed by atoms with Crippen molar-refractivity contribution in [1.29, 1.82) is 0 Å². The Morgan fingerprint density at radius 3 is 2.21 bits per heavy atom. The maximum atomic E-state index is 12.5. The van der Waals surface area contributed by atoms with Crippen molar-refractivity contribution in [2.75, 3.05) is 10.6 Å². The first-order chi connectivity index (χ1) is 16.0. The fourth-order valence-electron chi connectivity index (χ4n) is 2.81. The van der Waals surface area contributed by atoms with Crippen molar-refractivity contribution in [2.45, 2.75) is 22.0 Å². The van der Waals surface area contributed by atoms with Gasteiger partial charge in [-0.1, -0.05) is 6.07 Å². The first-order valence-corrected chi connectivity index (χ1v) is 12.2. The van der Waals surface area contributed by atoms with Crippen LogP contribution in [0.2, 0.25) is 0 Å². The molecule has 0 heterocycles. The van der Waals surface area contributed by atoms with Crippen LogP contribution in [0.3, 0.4) is 0 Å². The molecule has 3 rings (SSSR count). The number of benzene rings is 3. The summed E-state index contributed by atoms with van der Waals surface area (Å²) in [5, 5.41) is 20.7. The molecular weight excluding hydrogens is 480 g/mol. The Morgan fingerprint density at radius 1 is 0.971 bits per heavy atom. The van der Waals surface area contributed by atoms with Gasteiger partial charge in [-0.2, -0.15) is 0 Å². The topological polar surface area (TPSA) is 162 Å². The molecule has 3 aromatic carbocycles. The first-order valence-electron chi connectivity index (χ1n) is 9.79. The van der Waals surface area contributed by atoms with Crippen LogP contribution in [-0.2, 0) is 14.8 Å². The number of carbonyl (C=O) groups excluding carboxylic acids is 2. The van der Waals surface area contributed by atoms with Crippen LogP contribution in [0.15, 0.2) is 82.6 Å². The van der Waals surface area contributed by atoms with Gasteiger partial charge in [-0.3, -0.25) is 19.7 Å². The average molecular weight is 501 g/mol. The number of nitro groups is 1. The normalized spacial score (nSPS) is 11.9. The predicted molar refractivity (Wildman–Crippen MR) is 129 cm³/mol. The van der Waals surface area contributed by atoms with E-state index in [-0.39, 0.29) is 22.1 Å². The summed E-state index contributed by atoms with van der Waals surface area (Å²) in [5.41, 5.74) is 1.08. The zero-order valence-corrected chi connectivity index (χ0v) is 19.4. The summed E-state index contributed by atoms with van der Waals surface area (Å²) in [7, 11) is -3.81. The Balaban J connectivity index is 1.61. The molecule has 176 valence electrons. The van der Waals surface area contributed by atoms with E-state index >= 15 is 0 Å². The van der Waals surface area contributed by atoms with E-state index in [4.69, 9.17) is 5.14 Å². The highest BCUT2D eigenvalue weighted by atomic mass is 32.2. The van der Waals surface area contributed by atoms with Crippen LogP contribution in [-0.4, -0.2) is 30.4 Å². The number of sulfonamides is 1. The van der Waals surface area contributed by atoms with Crippen molar-refractivity contribution >= 4 is 50.7 Å². The number of anilines is 2. The minimum absolute atomic E-state index is 0.0551. The summed E-state index contributed by atoms with van der Waals surface area (Å²) < 4.78 is 22.7. The molecule has 0 saturated carbocycles. The number of nitrogens with one attached hydrogen (secondary N) is 2. The van der Waals surface area contributed by atoms with Crippen molar-refractivity contribution in [3.05, 3.63) is 88.5 Å². The van der Waals surface area contributed by atoms with E-state index in [1.165, 1.54) is 60.3 Å². The SMILES string of the molecule is CC(Sc1cccc(NC(=O)c2ccc([N+](=O)[O-])cc2)c1)C(=O)Nc1ccc(S(N)(=O)=O)cc1. The Bertz CT molecular complexity index is 1330. The number of nitrogens with zero attached hydrogens (tertiary/aromatic N) is 1. The number of rotatable bonds is 8. The second kappa shape index (κ2) is 10.5. The zero-order chi connectivity index (χ0) is 24.9. The van der Waals surface area contributed by atoms with Gasteiger partial charge in [0.15, 0.2) is 0 Å². The molecule has 34 heavy (non-hydrogen) atoms. The van der Waals surface area contributed by atoms with Crippen LogP contribution in [0.4, 0.5) is 17.1 Å². The third-order valence-corrected chi connectivity index (χ3v) is 6.59. The van der Waals surface area contributed by atoms with E-state index in [0.717, 1.165) is 4.90 Å². The van der Waals surface area contributed by atoms with Gasteiger partial charge in [0.2, 0.25) is 15.9 Å². The zero-order valence-electron chi connectivity index (χ0n) is 17.8. The van der Waals surface area contributed by atoms with Crippen molar-refractivity contribution in [1.82, 2.24) is 0 Å². The molecule has 1 unspecified atom stereocenters. The number of carbonyl (C=O) groups is 2. The molecule has 3 aromatic rings. The van der Waals surface area contributed by atoms with Crippen LogP contribution in [0, 0.1) is 10.1 Å². The molecule has 0 bridgehead atoms. The van der Waals surface area contributed by atoms with Gasteiger partial charge in [-0.05, 0) is 61.5 Å². The lowest BCUT2D eigenvalue weighted by molar-refractivity contribution is -0.384. The Kier molecular flexibility index (Phi) is 7.66. The molecular formula is C22H20N4O6S2. The maximum absolute atomic E-state index is 12.5. The first kappa shape index (κ1) is 24.9. The standard InChI is InChI=1S/C22H20N4O6S2/c1-14(21(27)24-16-7-11-20(12-8-16)34(23,31)32)33-19-4-2-3-17(13-19)25-22(28)15-5-9-18(10-6-15)26(29)30/h2-14H,1H3,(H,24,27)(H,25,28)(H2,23,31,32). The molecule has 0 fully saturated rings. The number of nitrogens with two attached hydrogens (primary N) is 1. The van der Waals surface area contributed by atoms with Gasteiger partial charge in [0.05, 0.1) is 15.1 Å². The molecule has 0 aliphatic heterocycles. The summed E-state index contributed by atoms with van der Waals surface area (Å²) in [6.07, 6.45) is 0. The number of thioether (sulfide) groups is 1. The lowest BCUT2D eigenvalue weighted by Crippen LogP contribution is -2.22. The van der Waals surface area contributed by atoms with Crippen LogP contribution in [0.1, 0.15) is 17.3 Å². The molecule has 0 aromatic heterocycles. The van der Waals surface area contributed by atoms with E-state index in [0.29, 0.717) is 11.4 Å². The molecule has 0 aliphatic carbocycles. The van der Waals surface area contributed by atoms with Crippen molar-refractivity contribution in [2.24, 2.45) is 5.14 Å². The number of nitro benzene ring substituents is 1. The monoisotopic (exact) mass is 500 g/mol. The number of hydrogen-bond acceptors (Lipinski definition) is 7. The molecule has 0 spiro atoms. The van der Waals surface area contributed by atoms with Crippen LogP contribution >= 0.6 is 11.8 Å². The van der Waals surface area contributed by atoms with Gasteiger partial charge in [0.25, 0.3) is 11.6 Å². The molecule has 2 amide bonds. The number of amides is 2. The lowest BCUT2D eigenvalue weighted by Gasteiger charge is -2.13. The van der Waals surface area contributed by atoms with Gasteiger partial charge in [0, 0.05) is 34.0 Å². The third-order valence-electron chi connectivity index (χ3n) is 4.56. The quantitative estimate of drug-likeness (QED) is 0.242. The average Bonchev–Trinajstić information content (AvgIpc) is 2.79. The summed E-state index contributed by atoms with van der Waals surface area (Å²) >= 11 is 1.27. The smallest absolute Gasteiger partial charge is 0.269 e. The number of non-ortho nitro benzene ring substituents is 1. The maximum Gasteiger partial charge on any atom is 0.269 e. The number of hydrogen-bond donors (Lipinski definition) is 3. The van der Waals surface area contributed by atoms with E-state index < -0.39 is 26.1 Å². The van der Waals surface area contributed by atoms with E-state index in [2.05, 4.69) is 10.6 Å². The third kappa shape index (κ3) is 6.63. The van der Waals surface area contributed by atoms with Gasteiger partial charge < -0.3 is 10.6 Å². The minimum atomic E-state index is -3.81. The van der Waals surface area contributed by atoms with Crippen molar-refractivity contribution in [3.8, 4) is 0 Å². The largest absolute Gasteiger partial charge is 0.325 e. The highest BCUT2D eigenvalue weighted by molar-refractivity contribution is 8.00. The molecule has 0 radical (unpaired) electrons. The molecule has 0 aliphatic rings. The molecule has 0 saturated heterocycles. The fraction of sp³-hybridized carbons (Fsp3) is 0.0909. The van der Waals surface area contributed by atoms with Gasteiger partial charge in [-0.25, -0.2) is 13.6 Å². The highest BCUT2D eigenvalue weighted by Gasteiger charge is 2.16. The van der Waals surface area contributed by atoms with Crippen molar-refractivity contribution < 1.29 is 22.9 Å². The van der Waals surface area contributed by atoms with Crippen LogP contribution in [0.25, 0.3) is 0 Å². The summed E-state index contributed by atoms with van der Waals surface area (Å²) in [5.74, 6) is -0.723. The van der Waals surface area contributed by atoms with Gasteiger partial charge in [0.1, 0.15) is 0 Å². The molecule has 4 N–H and O–H groups in total. The molecule has 12 heteroatoms. The van der Waals surface area contributed by atoms with Crippen molar-refractivity contribution in [3.63, 3.8) is 0 Å². The van der Waals surface area contributed by atoms with E-state index in [1.54, 1.807) is 31.2 Å². The van der Waals surface area contributed by atoms with E-state index in [9.17, 15) is 28.1 Å². The Hall–Kier alpha value is -3.74. The highest BCUT2D eigenvalue weighted by Crippen LogP contribution is 2.27. The minimum Gasteiger partial charge on any atom is -0.325 e. The van der Waals surface area contributed by atoms with Gasteiger partial charge >= 0.3 is 0 Å². The summed E-state index contributed by atoms with van der Waals surface area (Å²) in [4.78, 5) is 35.8. The summed E-state index contributed by atoms with van der Waals surface area (Å²) in [6.45, 7) is 1.71. The number of primary sulfonamides is 1. The molecule has 10 nitrogen and oxygen atoms in total. The summed E-state index contributed by atoms with van der Waals surface area (Å²) in [6, 6.07) is 17.7. The fourth-order valence-corrected chi connectivity index (χ4v) is 4.26. The lowest BCUT2D eigenvalue weighted by atomic mass is 10.2. The molecule has 1 atom stereocenters. The van der Waals surface area contributed by atoms with Crippen LogP contribution in [0.5, 0.6) is 0 Å². The Labute approximate surface area is 199 Å². The predicted octanol–water partition coefficient (Wildman–Crippen LogP) is 3.61. The second-order valence-corrected chi connectivity index (χ2v) is 10.1. The second-order valence-electron chi connectivity index (χ2n) is 7.10. The Morgan fingerprint density at radius 2 is 1.62 bits per heavy atom. The van der Waals surface area contributed by atoms with E-state index in [1.807, 2.05) is 0 Å². The van der Waals surface area contributed by atoms with Gasteiger partial charge in [-0.15, -0.1) is 11.8 Å². The van der Waals surface area contributed by atoms with Crippen LogP contribution < -0.4 is 15.8 Å².